The maximum atomic E-state index is 10.4. The summed E-state index contributed by atoms with van der Waals surface area (Å²) in [6.45, 7) is 7.98. The molecule has 0 spiro atoms. The zero-order valence-electron chi connectivity index (χ0n) is 10.9. The average molecular weight is 222 g/mol. The SMILES string of the molecule is CCC[C@](C)(O)c1cc(C)c(OC)c(C)c1. The lowest BCUT2D eigenvalue weighted by Crippen LogP contribution is -2.21. The third-order valence-electron chi connectivity index (χ3n) is 3.02. The third kappa shape index (κ3) is 2.56. The Labute approximate surface area is 98.3 Å². The Kier molecular flexibility index (Phi) is 3.98. The van der Waals surface area contributed by atoms with Gasteiger partial charge in [0.1, 0.15) is 5.75 Å². The molecule has 1 rings (SSSR count). The molecular weight excluding hydrogens is 200 g/mol. The first-order chi connectivity index (χ1) is 7.42. The summed E-state index contributed by atoms with van der Waals surface area (Å²) < 4.78 is 5.32. The van der Waals surface area contributed by atoms with Gasteiger partial charge in [-0.25, -0.2) is 0 Å². The Balaban J connectivity index is 3.17. The van der Waals surface area contributed by atoms with Crippen molar-refractivity contribution in [2.24, 2.45) is 0 Å². The number of aliphatic hydroxyl groups is 1. The van der Waals surface area contributed by atoms with Gasteiger partial charge in [0.15, 0.2) is 0 Å². The molecule has 90 valence electrons. The predicted octanol–water partition coefficient (Wildman–Crippen LogP) is 3.32. The van der Waals surface area contributed by atoms with Crippen LogP contribution in [0.1, 0.15) is 43.4 Å². The molecule has 0 aromatic heterocycles. The van der Waals surface area contributed by atoms with Crippen molar-refractivity contribution in [1.82, 2.24) is 0 Å². The summed E-state index contributed by atoms with van der Waals surface area (Å²) in [6.07, 6.45) is 1.75. The molecule has 0 fully saturated rings. The largest absolute Gasteiger partial charge is 0.496 e. The minimum Gasteiger partial charge on any atom is -0.496 e. The Morgan fingerprint density at radius 1 is 1.25 bits per heavy atom. The lowest BCUT2D eigenvalue weighted by Gasteiger charge is -2.25. The van der Waals surface area contributed by atoms with E-state index >= 15 is 0 Å². The molecule has 1 aromatic rings. The van der Waals surface area contributed by atoms with Crippen molar-refractivity contribution < 1.29 is 9.84 Å². The zero-order chi connectivity index (χ0) is 12.3. The molecule has 1 aromatic carbocycles. The molecular formula is C14H22O2. The highest BCUT2D eigenvalue weighted by molar-refractivity contribution is 5.44. The Morgan fingerprint density at radius 2 is 1.75 bits per heavy atom. The smallest absolute Gasteiger partial charge is 0.124 e. The molecule has 0 radical (unpaired) electrons. The molecule has 0 aliphatic heterocycles. The van der Waals surface area contributed by atoms with Crippen molar-refractivity contribution in [2.75, 3.05) is 7.11 Å². The summed E-state index contributed by atoms with van der Waals surface area (Å²) in [5.41, 5.74) is 2.39. The van der Waals surface area contributed by atoms with Crippen LogP contribution in [0.4, 0.5) is 0 Å². The topological polar surface area (TPSA) is 29.5 Å². The molecule has 0 saturated heterocycles. The summed E-state index contributed by atoms with van der Waals surface area (Å²) >= 11 is 0. The van der Waals surface area contributed by atoms with Gasteiger partial charge in [-0.3, -0.25) is 0 Å². The lowest BCUT2D eigenvalue weighted by atomic mass is 9.89. The van der Waals surface area contributed by atoms with E-state index in [-0.39, 0.29) is 0 Å². The quantitative estimate of drug-likeness (QED) is 0.846. The van der Waals surface area contributed by atoms with Crippen LogP contribution >= 0.6 is 0 Å². The highest BCUT2D eigenvalue weighted by atomic mass is 16.5. The Morgan fingerprint density at radius 3 is 2.12 bits per heavy atom. The number of hydrogen-bond acceptors (Lipinski definition) is 2. The van der Waals surface area contributed by atoms with E-state index in [0.29, 0.717) is 0 Å². The van der Waals surface area contributed by atoms with Gasteiger partial charge in [-0.2, -0.15) is 0 Å². The van der Waals surface area contributed by atoms with E-state index in [0.717, 1.165) is 35.3 Å². The molecule has 0 amide bonds. The van der Waals surface area contributed by atoms with Gasteiger partial charge in [-0.05, 0) is 56.0 Å². The van der Waals surface area contributed by atoms with Crippen molar-refractivity contribution in [1.29, 1.82) is 0 Å². The van der Waals surface area contributed by atoms with E-state index in [2.05, 4.69) is 6.92 Å². The molecule has 2 heteroatoms. The molecule has 2 nitrogen and oxygen atoms in total. The number of methoxy groups -OCH3 is 1. The molecule has 16 heavy (non-hydrogen) atoms. The minimum atomic E-state index is -0.740. The Bertz CT molecular complexity index is 344. The van der Waals surface area contributed by atoms with Gasteiger partial charge in [0.25, 0.3) is 0 Å². The molecule has 0 bridgehead atoms. The minimum absolute atomic E-state index is 0.740. The summed E-state index contributed by atoms with van der Waals surface area (Å²) in [7, 11) is 1.68. The van der Waals surface area contributed by atoms with Crippen molar-refractivity contribution in [3.05, 3.63) is 28.8 Å². The van der Waals surface area contributed by atoms with Crippen LogP contribution in [0.25, 0.3) is 0 Å². The van der Waals surface area contributed by atoms with Gasteiger partial charge in [-0.15, -0.1) is 0 Å². The summed E-state index contributed by atoms with van der Waals surface area (Å²) in [4.78, 5) is 0. The normalized spacial score (nSPS) is 14.6. The van der Waals surface area contributed by atoms with Gasteiger partial charge < -0.3 is 9.84 Å². The number of benzene rings is 1. The van der Waals surface area contributed by atoms with Crippen LogP contribution in [0.15, 0.2) is 12.1 Å². The third-order valence-corrected chi connectivity index (χ3v) is 3.02. The maximum Gasteiger partial charge on any atom is 0.124 e. The fraction of sp³-hybridized carbons (Fsp3) is 0.571. The summed E-state index contributed by atoms with van der Waals surface area (Å²) in [5, 5.41) is 10.4. The number of hydrogen-bond donors (Lipinski definition) is 1. The molecule has 0 unspecified atom stereocenters. The van der Waals surface area contributed by atoms with Crippen LogP contribution in [0.2, 0.25) is 0 Å². The van der Waals surface area contributed by atoms with E-state index in [1.165, 1.54) is 0 Å². The highest BCUT2D eigenvalue weighted by Crippen LogP contribution is 2.32. The van der Waals surface area contributed by atoms with E-state index in [1.54, 1.807) is 7.11 Å². The first kappa shape index (κ1) is 13.0. The van der Waals surface area contributed by atoms with E-state index in [1.807, 2.05) is 32.9 Å². The van der Waals surface area contributed by atoms with E-state index in [9.17, 15) is 5.11 Å². The number of aryl methyl sites for hydroxylation is 2. The fourth-order valence-corrected chi connectivity index (χ4v) is 2.21. The standard InChI is InChI=1S/C14H22O2/c1-6-7-14(4,15)12-8-10(2)13(16-5)11(3)9-12/h8-9,15H,6-7H2,1-5H3/t14-/m0/s1. The van der Waals surface area contributed by atoms with Crippen molar-refractivity contribution in [3.8, 4) is 5.75 Å². The molecule has 1 atom stereocenters. The van der Waals surface area contributed by atoms with Crippen molar-refractivity contribution >= 4 is 0 Å². The number of rotatable bonds is 4. The van der Waals surface area contributed by atoms with Gasteiger partial charge in [0.05, 0.1) is 12.7 Å². The second-order valence-corrected chi connectivity index (χ2v) is 4.67. The highest BCUT2D eigenvalue weighted by Gasteiger charge is 2.23. The summed E-state index contributed by atoms with van der Waals surface area (Å²) in [6, 6.07) is 4.03. The molecule has 0 aliphatic carbocycles. The number of ether oxygens (including phenoxy) is 1. The summed E-state index contributed by atoms with van der Waals surface area (Å²) in [5.74, 6) is 0.913. The van der Waals surface area contributed by atoms with Crippen molar-refractivity contribution in [3.63, 3.8) is 0 Å². The fourth-order valence-electron chi connectivity index (χ4n) is 2.21. The molecule has 0 heterocycles. The zero-order valence-corrected chi connectivity index (χ0v) is 10.9. The van der Waals surface area contributed by atoms with Gasteiger partial charge in [0, 0.05) is 0 Å². The molecule has 0 aliphatic rings. The first-order valence-electron chi connectivity index (χ1n) is 5.80. The molecule has 1 N–H and O–H groups in total. The predicted molar refractivity (Wildman–Crippen MR) is 66.9 cm³/mol. The molecule has 0 saturated carbocycles. The van der Waals surface area contributed by atoms with E-state index in [4.69, 9.17) is 4.74 Å². The van der Waals surface area contributed by atoms with E-state index < -0.39 is 5.60 Å². The van der Waals surface area contributed by atoms with Gasteiger partial charge in [-0.1, -0.05) is 13.3 Å². The second kappa shape index (κ2) is 4.88. The maximum absolute atomic E-state index is 10.4. The van der Waals surface area contributed by atoms with Crippen LogP contribution in [0, 0.1) is 13.8 Å². The lowest BCUT2D eigenvalue weighted by molar-refractivity contribution is 0.0468. The monoisotopic (exact) mass is 222 g/mol. The first-order valence-corrected chi connectivity index (χ1v) is 5.80. The Hall–Kier alpha value is -1.02. The van der Waals surface area contributed by atoms with Crippen LogP contribution in [-0.4, -0.2) is 12.2 Å². The van der Waals surface area contributed by atoms with Gasteiger partial charge >= 0.3 is 0 Å². The van der Waals surface area contributed by atoms with Crippen LogP contribution < -0.4 is 4.74 Å². The second-order valence-electron chi connectivity index (χ2n) is 4.67. The van der Waals surface area contributed by atoms with Crippen molar-refractivity contribution in [2.45, 2.75) is 46.1 Å². The van der Waals surface area contributed by atoms with Gasteiger partial charge in [0.2, 0.25) is 0 Å². The van der Waals surface area contributed by atoms with Crippen LogP contribution in [0.3, 0.4) is 0 Å². The van der Waals surface area contributed by atoms with Crippen LogP contribution in [0.5, 0.6) is 5.75 Å². The average Bonchev–Trinajstić information content (AvgIpc) is 2.17. The van der Waals surface area contributed by atoms with Crippen LogP contribution in [-0.2, 0) is 5.60 Å².